The van der Waals surface area contributed by atoms with Crippen LogP contribution in [0.25, 0.3) is 10.9 Å². The number of nitro groups is 1. The van der Waals surface area contributed by atoms with Gasteiger partial charge in [-0.3, -0.25) is 10.1 Å². The predicted molar refractivity (Wildman–Crippen MR) is 90.4 cm³/mol. The molecule has 1 aliphatic rings. The van der Waals surface area contributed by atoms with Crippen LogP contribution in [0.5, 0.6) is 0 Å². The van der Waals surface area contributed by atoms with Crippen LogP contribution in [-0.4, -0.2) is 23.0 Å². The molecule has 3 rings (SSSR count). The lowest BCUT2D eigenvalue weighted by molar-refractivity contribution is -0.384. The van der Waals surface area contributed by atoms with Crippen molar-refractivity contribution >= 4 is 16.6 Å². The fourth-order valence-electron chi connectivity index (χ4n) is 3.32. The van der Waals surface area contributed by atoms with E-state index in [9.17, 15) is 10.1 Å². The van der Waals surface area contributed by atoms with Gasteiger partial charge in [0.2, 0.25) is 0 Å². The van der Waals surface area contributed by atoms with Crippen LogP contribution in [0.2, 0.25) is 0 Å². The highest BCUT2D eigenvalue weighted by molar-refractivity contribution is 5.85. The molecule has 1 aromatic heterocycles. The Morgan fingerprint density at radius 2 is 2.09 bits per heavy atom. The summed E-state index contributed by atoms with van der Waals surface area (Å²) >= 11 is 0. The minimum absolute atomic E-state index is 0.166. The minimum Gasteiger partial charge on any atom is -0.361 e. The van der Waals surface area contributed by atoms with Crippen molar-refractivity contribution in [2.75, 3.05) is 7.05 Å². The van der Waals surface area contributed by atoms with Gasteiger partial charge < -0.3 is 10.3 Å². The summed E-state index contributed by atoms with van der Waals surface area (Å²) in [6, 6.07) is 5.61. The van der Waals surface area contributed by atoms with Gasteiger partial charge in [-0.15, -0.1) is 0 Å². The van der Waals surface area contributed by atoms with Gasteiger partial charge in [-0.05, 0) is 43.9 Å². The molecule has 1 fully saturated rings. The van der Waals surface area contributed by atoms with Crippen molar-refractivity contribution in [3.8, 4) is 0 Å². The number of nitro benzene ring substituents is 1. The summed E-state index contributed by atoms with van der Waals surface area (Å²) in [5.41, 5.74) is 2.38. The normalized spacial score (nSPS) is 21.2. The van der Waals surface area contributed by atoms with E-state index in [1.165, 1.54) is 18.4 Å². The highest BCUT2D eigenvalue weighted by Crippen LogP contribution is 2.37. The number of aromatic amines is 1. The van der Waals surface area contributed by atoms with Crippen molar-refractivity contribution in [2.45, 2.75) is 51.5 Å². The van der Waals surface area contributed by atoms with E-state index in [4.69, 9.17) is 0 Å². The zero-order valence-electron chi connectivity index (χ0n) is 13.6. The number of hydrogen-bond donors (Lipinski definition) is 2. The van der Waals surface area contributed by atoms with Gasteiger partial charge in [0.05, 0.1) is 4.92 Å². The van der Waals surface area contributed by atoms with Gasteiger partial charge in [0.15, 0.2) is 0 Å². The highest BCUT2D eigenvalue weighted by Gasteiger charge is 2.24. The van der Waals surface area contributed by atoms with Crippen molar-refractivity contribution < 1.29 is 4.92 Å². The number of aromatic nitrogens is 1. The van der Waals surface area contributed by atoms with E-state index >= 15 is 0 Å². The maximum absolute atomic E-state index is 10.9. The molecule has 2 atom stereocenters. The number of rotatable bonds is 3. The molecule has 0 amide bonds. The monoisotopic (exact) mass is 303 g/mol. The average molecular weight is 303 g/mol. The van der Waals surface area contributed by atoms with E-state index in [1.807, 2.05) is 27.1 Å². The van der Waals surface area contributed by atoms with E-state index in [0.717, 1.165) is 23.7 Å². The Morgan fingerprint density at radius 1 is 1.32 bits per heavy atom. The fraction of sp³-hybridized carbons (Fsp3) is 0.529. The molecule has 1 heterocycles. The summed E-state index contributed by atoms with van der Waals surface area (Å²) < 4.78 is 0. The molecule has 5 nitrogen and oxygen atoms in total. The van der Waals surface area contributed by atoms with Gasteiger partial charge in [0, 0.05) is 35.3 Å². The smallest absolute Gasteiger partial charge is 0.270 e. The Bertz CT molecular complexity index is 636. The first kappa shape index (κ1) is 16.5. The number of benzene rings is 1. The van der Waals surface area contributed by atoms with Crippen LogP contribution in [0.4, 0.5) is 5.69 Å². The van der Waals surface area contributed by atoms with Gasteiger partial charge in [-0.25, -0.2) is 0 Å². The molecule has 0 radical (unpaired) electrons. The van der Waals surface area contributed by atoms with Crippen molar-refractivity contribution in [1.29, 1.82) is 0 Å². The zero-order chi connectivity index (χ0) is 16.1. The molecule has 0 spiro atoms. The second-order valence-corrected chi connectivity index (χ2v) is 5.58. The summed E-state index contributed by atoms with van der Waals surface area (Å²) in [4.78, 5) is 13.9. The van der Waals surface area contributed by atoms with Gasteiger partial charge in [-0.1, -0.05) is 20.3 Å². The van der Waals surface area contributed by atoms with E-state index in [-0.39, 0.29) is 10.6 Å². The number of non-ortho nitro benzene ring substituents is 1. The summed E-state index contributed by atoms with van der Waals surface area (Å²) in [5.74, 6) is 0.483. The molecule has 1 aliphatic carbocycles. The molecule has 0 bridgehead atoms. The molecule has 5 heteroatoms. The number of nitrogens with zero attached hydrogens (tertiary/aromatic N) is 1. The van der Waals surface area contributed by atoms with Crippen LogP contribution >= 0.6 is 0 Å². The first-order chi connectivity index (χ1) is 10.7. The van der Waals surface area contributed by atoms with Crippen molar-refractivity contribution in [1.82, 2.24) is 10.3 Å². The topological polar surface area (TPSA) is 71.0 Å². The number of hydrogen-bond acceptors (Lipinski definition) is 3. The third-order valence-electron chi connectivity index (χ3n) is 4.43. The van der Waals surface area contributed by atoms with E-state index in [0.29, 0.717) is 12.0 Å². The predicted octanol–water partition coefficient (Wildman–Crippen LogP) is 4.35. The largest absolute Gasteiger partial charge is 0.361 e. The summed E-state index contributed by atoms with van der Waals surface area (Å²) in [7, 11) is 2.01. The Kier molecular flexibility index (Phi) is 5.55. The van der Waals surface area contributed by atoms with Crippen molar-refractivity contribution in [3.63, 3.8) is 0 Å². The van der Waals surface area contributed by atoms with Crippen LogP contribution in [0.3, 0.4) is 0 Å². The third-order valence-corrected chi connectivity index (χ3v) is 4.43. The maximum Gasteiger partial charge on any atom is 0.270 e. The summed E-state index contributed by atoms with van der Waals surface area (Å²) in [6.07, 6.45) is 6.71. The average Bonchev–Trinajstić information content (AvgIpc) is 2.99. The molecule has 2 aromatic rings. The van der Waals surface area contributed by atoms with Crippen molar-refractivity contribution in [2.24, 2.45) is 0 Å². The van der Waals surface area contributed by atoms with E-state index in [1.54, 1.807) is 18.2 Å². The number of nitrogens with one attached hydrogen (secondary N) is 2. The van der Waals surface area contributed by atoms with Crippen molar-refractivity contribution in [3.05, 3.63) is 40.1 Å². The van der Waals surface area contributed by atoms with Crippen LogP contribution in [0, 0.1) is 10.1 Å². The molecule has 120 valence electrons. The second kappa shape index (κ2) is 7.40. The molecule has 1 saturated carbocycles. The third kappa shape index (κ3) is 3.30. The molecule has 1 aromatic carbocycles. The van der Waals surface area contributed by atoms with E-state index < -0.39 is 0 Å². The highest BCUT2D eigenvalue weighted by atomic mass is 16.6. The Labute approximate surface area is 131 Å². The maximum atomic E-state index is 10.9. The molecule has 2 unspecified atom stereocenters. The Morgan fingerprint density at radius 3 is 2.77 bits per heavy atom. The minimum atomic E-state index is -0.326. The first-order valence-electron chi connectivity index (χ1n) is 8.11. The lowest BCUT2D eigenvalue weighted by Crippen LogP contribution is -2.30. The Hall–Kier alpha value is -1.88. The van der Waals surface area contributed by atoms with Crippen LogP contribution in [0.1, 0.15) is 51.0 Å². The van der Waals surface area contributed by atoms with Gasteiger partial charge >= 0.3 is 0 Å². The first-order valence-corrected chi connectivity index (χ1v) is 8.11. The molecular formula is C17H25N3O2. The number of fused-ring (bicyclic) bond motifs is 1. The lowest BCUT2D eigenvalue weighted by atomic mass is 9.81. The second-order valence-electron chi connectivity index (χ2n) is 5.58. The number of H-pyrrole nitrogens is 1. The quantitative estimate of drug-likeness (QED) is 0.654. The zero-order valence-corrected chi connectivity index (χ0v) is 13.6. The van der Waals surface area contributed by atoms with Gasteiger partial charge in [0.25, 0.3) is 5.69 Å². The van der Waals surface area contributed by atoms with Crippen LogP contribution in [-0.2, 0) is 0 Å². The Balaban J connectivity index is 0.000000847. The molecule has 0 saturated heterocycles. The molecule has 2 N–H and O–H groups in total. The van der Waals surface area contributed by atoms with Gasteiger partial charge in [0.1, 0.15) is 0 Å². The summed E-state index contributed by atoms with van der Waals surface area (Å²) in [6.45, 7) is 4.00. The SMILES string of the molecule is CC.CNC1CCCC(c2c[nH]c3ccc([N+](=O)[O-])cc23)C1. The molecular weight excluding hydrogens is 278 g/mol. The molecule has 0 aliphatic heterocycles. The van der Waals surface area contributed by atoms with E-state index in [2.05, 4.69) is 10.3 Å². The lowest BCUT2D eigenvalue weighted by Gasteiger charge is -2.28. The van der Waals surface area contributed by atoms with Crippen LogP contribution < -0.4 is 5.32 Å². The molecule has 22 heavy (non-hydrogen) atoms. The van der Waals surface area contributed by atoms with Crippen LogP contribution in [0.15, 0.2) is 24.4 Å². The van der Waals surface area contributed by atoms with Gasteiger partial charge in [-0.2, -0.15) is 0 Å². The summed E-state index contributed by atoms with van der Waals surface area (Å²) in [5, 5.41) is 15.3. The standard InChI is InChI=1S/C15H19N3O2.C2H6/c1-16-11-4-2-3-10(7-11)14-9-17-15-6-5-12(18(19)20)8-13(14)15;1-2/h5-6,8-11,16-17H,2-4,7H2,1H3;1-2H3. The fourth-order valence-corrected chi connectivity index (χ4v) is 3.32.